The molecular formula is C21H21F2N3O3S. The van der Waals surface area contributed by atoms with Crippen LogP contribution in [0, 0.1) is 11.6 Å². The SMILES string of the molecule is O=C(c1ncc(Nc2ccc(F)c(F)c2)c2c1C1CCC2C1)N1CCS(=O)(=O)CC1. The molecule has 2 aromatic rings. The largest absolute Gasteiger partial charge is 0.354 e. The highest BCUT2D eigenvalue weighted by Crippen LogP contribution is 2.56. The number of sulfone groups is 1. The van der Waals surface area contributed by atoms with Crippen LogP contribution in [0.4, 0.5) is 20.2 Å². The van der Waals surface area contributed by atoms with E-state index in [1.807, 2.05) is 0 Å². The molecule has 5 rings (SSSR count). The molecule has 1 aromatic heterocycles. The van der Waals surface area contributed by atoms with Crippen molar-refractivity contribution in [3.8, 4) is 0 Å². The maximum atomic E-state index is 13.6. The van der Waals surface area contributed by atoms with Crippen LogP contribution in [0.3, 0.4) is 0 Å². The number of nitrogens with one attached hydrogen (secondary N) is 1. The number of carbonyl (C=O) groups excluding carboxylic acids is 1. The van der Waals surface area contributed by atoms with Gasteiger partial charge in [-0.05, 0) is 54.4 Å². The molecule has 2 fully saturated rings. The van der Waals surface area contributed by atoms with Crippen molar-refractivity contribution >= 4 is 27.1 Å². The first kappa shape index (κ1) is 19.4. The van der Waals surface area contributed by atoms with E-state index in [1.165, 1.54) is 6.07 Å². The van der Waals surface area contributed by atoms with Gasteiger partial charge in [-0.2, -0.15) is 0 Å². The van der Waals surface area contributed by atoms with E-state index in [2.05, 4.69) is 10.3 Å². The molecule has 1 aliphatic heterocycles. The zero-order valence-electron chi connectivity index (χ0n) is 16.2. The van der Waals surface area contributed by atoms with Gasteiger partial charge < -0.3 is 10.2 Å². The fourth-order valence-electron chi connectivity index (χ4n) is 4.96. The number of amides is 1. The quantitative estimate of drug-likeness (QED) is 0.803. The van der Waals surface area contributed by atoms with Crippen LogP contribution in [0.25, 0.3) is 0 Å². The van der Waals surface area contributed by atoms with Crippen molar-refractivity contribution in [2.24, 2.45) is 0 Å². The van der Waals surface area contributed by atoms with Gasteiger partial charge in [0.05, 0.1) is 23.4 Å². The number of nitrogens with zero attached hydrogens (tertiary/aromatic N) is 2. The summed E-state index contributed by atoms with van der Waals surface area (Å²) in [5.41, 5.74) is 3.48. The highest BCUT2D eigenvalue weighted by Gasteiger charge is 2.42. The van der Waals surface area contributed by atoms with Gasteiger partial charge in [0, 0.05) is 24.8 Å². The summed E-state index contributed by atoms with van der Waals surface area (Å²) in [4.78, 5) is 19.2. The Labute approximate surface area is 173 Å². The lowest BCUT2D eigenvalue weighted by molar-refractivity contribution is 0.0762. The lowest BCUT2D eigenvalue weighted by Gasteiger charge is -2.28. The molecule has 6 nitrogen and oxygen atoms in total. The number of hydrogen-bond donors (Lipinski definition) is 1. The Hall–Kier alpha value is -2.55. The van der Waals surface area contributed by atoms with E-state index in [9.17, 15) is 22.0 Å². The molecular weight excluding hydrogens is 412 g/mol. The van der Waals surface area contributed by atoms with Crippen LogP contribution in [0.5, 0.6) is 0 Å². The Morgan fingerprint density at radius 1 is 1.07 bits per heavy atom. The van der Waals surface area contributed by atoms with Gasteiger partial charge in [0.2, 0.25) is 0 Å². The van der Waals surface area contributed by atoms with Gasteiger partial charge in [-0.25, -0.2) is 22.2 Å². The van der Waals surface area contributed by atoms with Gasteiger partial charge in [-0.3, -0.25) is 4.79 Å². The summed E-state index contributed by atoms with van der Waals surface area (Å²) in [6.45, 7) is 0.362. The normalized spacial score (nSPS) is 24.0. The Kier molecular flexibility index (Phi) is 4.53. The van der Waals surface area contributed by atoms with Crippen molar-refractivity contribution < 1.29 is 22.0 Å². The lowest BCUT2D eigenvalue weighted by atomic mass is 9.89. The maximum absolute atomic E-state index is 13.6. The van der Waals surface area contributed by atoms with Crippen LogP contribution < -0.4 is 5.32 Å². The van der Waals surface area contributed by atoms with Gasteiger partial charge in [0.25, 0.3) is 5.91 Å². The van der Waals surface area contributed by atoms with Gasteiger partial charge in [-0.15, -0.1) is 0 Å². The Bertz CT molecular complexity index is 1140. The average molecular weight is 433 g/mol. The standard InChI is InChI=1S/C21H21F2N3O3S/c22-15-4-3-14(10-16(15)23)25-17-11-24-20(19-13-2-1-12(9-13)18(17)19)21(27)26-5-7-30(28,29)8-6-26/h3-4,10-13,25H,1-2,5-9H2. The number of fused-ring (bicyclic) bond motifs is 5. The van der Waals surface area contributed by atoms with E-state index < -0.39 is 21.5 Å². The third kappa shape index (κ3) is 3.25. The Morgan fingerprint density at radius 2 is 1.77 bits per heavy atom. The minimum Gasteiger partial charge on any atom is -0.354 e. The smallest absolute Gasteiger partial charge is 0.272 e. The maximum Gasteiger partial charge on any atom is 0.272 e. The van der Waals surface area contributed by atoms with Gasteiger partial charge in [0.1, 0.15) is 5.69 Å². The molecule has 3 aliphatic rings. The topological polar surface area (TPSA) is 79.4 Å². The highest BCUT2D eigenvalue weighted by atomic mass is 32.2. The summed E-state index contributed by atoms with van der Waals surface area (Å²) in [6.07, 6.45) is 4.53. The third-order valence-corrected chi connectivity index (χ3v) is 8.05. The number of rotatable bonds is 3. The second-order valence-electron chi connectivity index (χ2n) is 8.25. The van der Waals surface area contributed by atoms with E-state index in [4.69, 9.17) is 0 Å². The van der Waals surface area contributed by atoms with E-state index >= 15 is 0 Å². The number of benzene rings is 1. The Balaban J connectivity index is 1.49. The van der Waals surface area contributed by atoms with E-state index in [1.54, 1.807) is 11.1 Å². The van der Waals surface area contributed by atoms with Crippen LogP contribution in [-0.4, -0.2) is 48.8 Å². The number of anilines is 2. The zero-order valence-corrected chi connectivity index (χ0v) is 17.0. The molecule has 2 unspecified atom stereocenters. The summed E-state index contributed by atoms with van der Waals surface area (Å²) in [5, 5.41) is 3.14. The van der Waals surface area contributed by atoms with Crippen LogP contribution in [0.2, 0.25) is 0 Å². The second kappa shape index (κ2) is 7.01. The van der Waals surface area contributed by atoms with Gasteiger partial charge >= 0.3 is 0 Å². The van der Waals surface area contributed by atoms with Crippen LogP contribution in [0.15, 0.2) is 24.4 Å². The molecule has 0 spiro atoms. The molecule has 1 amide bonds. The minimum absolute atomic E-state index is 0.0250. The van der Waals surface area contributed by atoms with E-state index in [0.29, 0.717) is 23.0 Å². The molecule has 2 aliphatic carbocycles. The number of carbonyl (C=O) groups is 1. The number of halogens is 2. The molecule has 158 valence electrons. The summed E-state index contributed by atoms with van der Waals surface area (Å²) in [5.74, 6) is -1.57. The molecule has 30 heavy (non-hydrogen) atoms. The molecule has 2 atom stereocenters. The summed E-state index contributed by atoms with van der Waals surface area (Å²) in [6, 6.07) is 3.63. The van der Waals surface area contributed by atoms with E-state index in [0.717, 1.165) is 42.5 Å². The fourth-order valence-corrected chi connectivity index (χ4v) is 6.17. The highest BCUT2D eigenvalue weighted by molar-refractivity contribution is 7.91. The third-order valence-electron chi connectivity index (χ3n) is 6.44. The fraction of sp³-hybridized carbons (Fsp3) is 0.429. The first-order chi connectivity index (χ1) is 14.3. The zero-order chi connectivity index (χ0) is 21.0. The van der Waals surface area contributed by atoms with Crippen LogP contribution in [-0.2, 0) is 9.84 Å². The molecule has 2 heterocycles. The average Bonchev–Trinajstić information content (AvgIpc) is 3.33. The molecule has 1 saturated carbocycles. The van der Waals surface area contributed by atoms with Crippen LogP contribution >= 0.6 is 0 Å². The first-order valence-corrected chi connectivity index (χ1v) is 11.9. The number of pyridine rings is 1. The predicted octanol–water partition coefficient (Wildman–Crippen LogP) is 3.34. The minimum atomic E-state index is -3.08. The number of aromatic nitrogens is 1. The summed E-state index contributed by atoms with van der Waals surface area (Å²) < 4.78 is 50.3. The molecule has 1 N–H and O–H groups in total. The van der Waals surface area contributed by atoms with Crippen molar-refractivity contribution in [3.63, 3.8) is 0 Å². The Morgan fingerprint density at radius 3 is 2.47 bits per heavy atom. The molecule has 1 saturated heterocycles. The van der Waals surface area contributed by atoms with Gasteiger partial charge in [-0.1, -0.05) is 0 Å². The van der Waals surface area contributed by atoms with Crippen LogP contribution in [0.1, 0.15) is 52.7 Å². The molecule has 2 bridgehead atoms. The van der Waals surface area contributed by atoms with Crippen molar-refractivity contribution in [1.82, 2.24) is 9.88 Å². The first-order valence-electron chi connectivity index (χ1n) is 10.1. The molecule has 0 radical (unpaired) electrons. The van der Waals surface area contributed by atoms with Crippen molar-refractivity contribution in [2.75, 3.05) is 29.9 Å². The number of hydrogen-bond acceptors (Lipinski definition) is 5. The second-order valence-corrected chi connectivity index (χ2v) is 10.6. The predicted molar refractivity (Wildman–Crippen MR) is 108 cm³/mol. The van der Waals surface area contributed by atoms with Crippen molar-refractivity contribution in [1.29, 1.82) is 0 Å². The summed E-state index contributed by atoms with van der Waals surface area (Å²) in [7, 11) is -3.08. The lowest BCUT2D eigenvalue weighted by Crippen LogP contribution is -2.44. The molecule has 1 aromatic carbocycles. The summed E-state index contributed by atoms with van der Waals surface area (Å²) >= 11 is 0. The molecule has 9 heteroatoms. The van der Waals surface area contributed by atoms with E-state index in [-0.39, 0.29) is 36.4 Å². The van der Waals surface area contributed by atoms with Crippen molar-refractivity contribution in [2.45, 2.75) is 31.1 Å². The monoisotopic (exact) mass is 433 g/mol. The van der Waals surface area contributed by atoms with Gasteiger partial charge in [0.15, 0.2) is 21.5 Å². The van der Waals surface area contributed by atoms with Crippen molar-refractivity contribution in [3.05, 3.63) is 52.9 Å².